The lowest BCUT2D eigenvalue weighted by Gasteiger charge is -2.06. The third-order valence-corrected chi connectivity index (χ3v) is 3.46. The molecular weight excluding hydrogens is 318 g/mol. The lowest BCUT2D eigenvalue weighted by atomic mass is 10.2. The molecule has 122 valence electrons. The maximum Gasteiger partial charge on any atom is 0.258 e. The third kappa shape index (κ3) is 3.16. The van der Waals surface area contributed by atoms with Crippen LogP contribution >= 0.6 is 0 Å². The summed E-state index contributed by atoms with van der Waals surface area (Å²) in [6.07, 6.45) is 3.11. The molecule has 0 radical (unpaired) electrons. The normalized spacial score (nSPS) is 10.6. The smallest absolute Gasteiger partial charge is 0.258 e. The SMILES string of the molecule is O=C(Nc1nc2cccc(Oc3ccccc3)n2n1)c1ccncc1. The fourth-order valence-electron chi connectivity index (χ4n) is 2.30. The van der Waals surface area contributed by atoms with E-state index < -0.39 is 0 Å². The molecule has 0 atom stereocenters. The predicted octanol–water partition coefficient (Wildman–Crippen LogP) is 3.17. The van der Waals surface area contributed by atoms with Gasteiger partial charge in [-0.05, 0) is 30.3 Å². The van der Waals surface area contributed by atoms with E-state index >= 15 is 0 Å². The Morgan fingerprint density at radius 2 is 1.76 bits per heavy atom. The Balaban J connectivity index is 1.62. The van der Waals surface area contributed by atoms with Gasteiger partial charge < -0.3 is 4.74 Å². The van der Waals surface area contributed by atoms with Crippen molar-refractivity contribution in [2.75, 3.05) is 5.32 Å². The summed E-state index contributed by atoms with van der Waals surface area (Å²) in [6.45, 7) is 0. The summed E-state index contributed by atoms with van der Waals surface area (Å²) < 4.78 is 7.37. The third-order valence-electron chi connectivity index (χ3n) is 3.46. The van der Waals surface area contributed by atoms with Gasteiger partial charge in [0.25, 0.3) is 5.91 Å². The number of nitrogens with one attached hydrogen (secondary N) is 1. The lowest BCUT2D eigenvalue weighted by molar-refractivity contribution is 0.102. The minimum Gasteiger partial charge on any atom is -0.439 e. The average molecular weight is 331 g/mol. The number of nitrogens with zero attached hydrogens (tertiary/aromatic N) is 4. The summed E-state index contributed by atoms with van der Waals surface area (Å²) in [4.78, 5) is 20.4. The van der Waals surface area contributed by atoms with Gasteiger partial charge in [-0.2, -0.15) is 9.50 Å². The van der Waals surface area contributed by atoms with Crippen molar-refractivity contribution >= 4 is 17.5 Å². The molecule has 0 aliphatic heterocycles. The highest BCUT2D eigenvalue weighted by atomic mass is 16.5. The first-order valence-electron chi connectivity index (χ1n) is 7.60. The van der Waals surface area contributed by atoms with Crippen LogP contribution in [0.15, 0.2) is 73.1 Å². The van der Waals surface area contributed by atoms with Gasteiger partial charge in [0.15, 0.2) is 5.65 Å². The maximum absolute atomic E-state index is 12.2. The van der Waals surface area contributed by atoms with Gasteiger partial charge in [0, 0.05) is 24.0 Å². The number of amides is 1. The van der Waals surface area contributed by atoms with Crippen LogP contribution in [0.1, 0.15) is 10.4 Å². The molecular formula is C18H13N5O2. The minimum atomic E-state index is -0.302. The standard InChI is InChI=1S/C18H13N5O2/c24-17(13-9-11-19-12-10-13)21-18-20-15-7-4-8-16(23(15)22-18)25-14-5-2-1-3-6-14/h1-12H,(H,21,22,24). The molecule has 0 unspecified atom stereocenters. The highest BCUT2D eigenvalue weighted by Gasteiger charge is 2.12. The van der Waals surface area contributed by atoms with E-state index in [1.54, 1.807) is 36.7 Å². The molecule has 7 nitrogen and oxygen atoms in total. The van der Waals surface area contributed by atoms with E-state index in [0.29, 0.717) is 22.8 Å². The number of aromatic nitrogens is 4. The second-order valence-electron chi connectivity index (χ2n) is 5.17. The van der Waals surface area contributed by atoms with Crippen LogP contribution in [0.3, 0.4) is 0 Å². The van der Waals surface area contributed by atoms with Crippen molar-refractivity contribution in [3.05, 3.63) is 78.6 Å². The van der Waals surface area contributed by atoms with Crippen LogP contribution in [-0.4, -0.2) is 25.5 Å². The number of hydrogen-bond acceptors (Lipinski definition) is 5. The summed E-state index contributed by atoms with van der Waals surface area (Å²) in [5, 5.41) is 6.98. The fraction of sp³-hybridized carbons (Fsp3) is 0. The van der Waals surface area contributed by atoms with E-state index in [-0.39, 0.29) is 11.9 Å². The molecule has 0 aliphatic carbocycles. The molecule has 3 heterocycles. The number of ether oxygens (including phenoxy) is 1. The van der Waals surface area contributed by atoms with Gasteiger partial charge >= 0.3 is 0 Å². The average Bonchev–Trinajstić information content (AvgIpc) is 3.07. The Hall–Kier alpha value is -3.74. The first kappa shape index (κ1) is 14.8. The Labute approximate surface area is 142 Å². The van der Waals surface area contributed by atoms with Crippen LogP contribution in [0.2, 0.25) is 0 Å². The van der Waals surface area contributed by atoms with Crippen molar-refractivity contribution < 1.29 is 9.53 Å². The number of carbonyl (C=O) groups excluding carboxylic acids is 1. The number of anilines is 1. The molecule has 1 amide bonds. The fourth-order valence-corrected chi connectivity index (χ4v) is 2.30. The number of fused-ring (bicyclic) bond motifs is 1. The molecule has 25 heavy (non-hydrogen) atoms. The van der Waals surface area contributed by atoms with Gasteiger partial charge in [0.2, 0.25) is 11.8 Å². The van der Waals surface area contributed by atoms with E-state index in [4.69, 9.17) is 4.74 Å². The topological polar surface area (TPSA) is 81.4 Å². The first-order valence-corrected chi connectivity index (χ1v) is 7.60. The van der Waals surface area contributed by atoms with Crippen molar-refractivity contribution in [2.45, 2.75) is 0 Å². The van der Waals surface area contributed by atoms with Gasteiger partial charge in [-0.15, -0.1) is 5.10 Å². The second kappa shape index (κ2) is 6.40. The van der Waals surface area contributed by atoms with Crippen molar-refractivity contribution in [2.24, 2.45) is 0 Å². The lowest BCUT2D eigenvalue weighted by Crippen LogP contribution is -2.13. The summed E-state index contributed by atoms with van der Waals surface area (Å²) in [6, 6.07) is 18.0. The number of benzene rings is 1. The molecule has 3 aromatic heterocycles. The molecule has 4 aromatic rings. The van der Waals surface area contributed by atoms with Gasteiger partial charge in [-0.25, -0.2) is 0 Å². The molecule has 0 fully saturated rings. The number of pyridine rings is 2. The molecule has 1 N–H and O–H groups in total. The second-order valence-corrected chi connectivity index (χ2v) is 5.17. The molecule has 1 aromatic carbocycles. The number of rotatable bonds is 4. The van der Waals surface area contributed by atoms with Crippen LogP contribution in [0.4, 0.5) is 5.95 Å². The van der Waals surface area contributed by atoms with E-state index in [1.807, 2.05) is 36.4 Å². The summed E-state index contributed by atoms with van der Waals surface area (Å²) in [7, 11) is 0. The van der Waals surface area contributed by atoms with Gasteiger partial charge in [-0.1, -0.05) is 24.3 Å². The van der Waals surface area contributed by atoms with Crippen molar-refractivity contribution in [3.8, 4) is 11.6 Å². The zero-order valence-electron chi connectivity index (χ0n) is 13.0. The minimum absolute atomic E-state index is 0.200. The maximum atomic E-state index is 12.2. The van der Waals surface area contributed by atoms with Crippen LogP contribution < -0.4 is 10.1 Å². The molecule has 7 heteroatoms. The molecule has 0 saturated carbocycles. The monoisotopic (exact) mass is 331 g/mol. The van der Waals surface area contributed by atoms with Crippen molar-refractivity contribution in [3.63, 3.8) is 0 Å². The summed E-state index contributed by atoms with van der Waals surface area (Å²) in [5.41, 5.74) is 1.05. The van der Waals surface area contributed by atoms with E-state index in [9.17, 15) is 4.79 Å². The Kier molecular flexibility index (Phi) is 3.80. The Morgan fingerprint density at radius 1 is 0.960 bits per heavy atom. The quantitative estimate of drug-likeness (QED) is 0.621. The van der Waals surface area contributed by atoms with E-state index in [0.717, 1.165) is 0 Å². The van der Waals surface area contributed by atoms with Crippen LogP contribution in [0.5, 0.6) is 11.6 Å². The highest BCUT2D eigenvalue weighted by molar-refractivity contribution is 6.03. The van der Waals surface area contributed by atoms with E-state index in [2.05, 4.69) is 20.4 Å². The largest absolute Gasteiger partial charge is 0.439 e. The zero-order chi connectivity index (χ0) is 17.1. The summed E-state index contributed by atoms with van der Waals surface area (Å²) in [5.74, 6) is 1.09. The van der Waals surface area contributed by atoms with E-state index in [1.165, 1.54) is 4.52 Å². The molecule has 4 rings (SSSR count). The zero-order valence-corrected chi connectivity index (χ0v) is 13.0. The van der Waals surface area contributed by atoms with Crippen molar-refractivity contribution in [1.29, 1.82) is 0 Å². The molecule has 0 spiro atoms. The van der Waals surface area contributed by atoms with Crippen LogP contribution in [0, 0.1) is 0 Å². The van der Waals surface area contributed by atoms with Crippen LogP contribution in [0.25, 0.3) is 5.65 Å². The van der Waals surface area contributed by atoms with Gasteiger partial charge in [0.05, 0.1) is 0 Å². The number of para-hydroxylation sites is 1. The molecule has 0 aliphatic rings. The van der Waals surface area contributed by atoms with Gasteiger partial charge in [0.1, 0.15) is 5.75 Å². The van der Waals surface area contributed by atoms with Gasteiger partial charge in [-0.3, -0.25) is 15.1 Å². The predicted molar refractivity (Wildman–Crippen MR) is 91.7 cm³/mol. The number of carbonyl (C=O) groups is 1. The van der Waals surface area contributed by atoms with Crippen molar-refractivity contribution in [1.82, 2.24) is 19.6 Å². The Bertz CT molecular complexity index is 1020. The highest BCUT2D eigenvalue weighted by Crippen LogP contribution is 2.22. The summed E-state index contributed by atoms with van der Waals surface area (Å²) >= 11 is 0. The molecule has 0 saturated heterocycles. The molecule has 0 bridgehead atoms. The first-order chi connectivity index (χ1) is 12.3. The van der Waals surface area contributed by atoms with Crippen LogP contribution in [-0.2, 0) is 0 Å². The Morgan fingerprint density at radius 3 is 2.56 bits per heavy atom. The number of hydrogen-bond donors (Lipinski definition) is 1.